The van der Waals surface area contributed by atoms with Gasteiger partial charge in [0.05, 0.1) is 12.5 Å². The third kappa shape index (κ3) is 6.67. The molecule has 5 nitrogen and oxygen atoms in total. The van der Waals surface area contributed by atoms with Crippen molar-refractivity contribution in [2.24, 2.45) is 11.8 Å². The van der Waals surface area contributed by atoms with Crippen molar-refractivity contribution in [3.63, 3.8) is 0 Å². The molecular formula is C20H32N2O3. The smallest absolute Gasteiger partial charge is 0.308 e. The first-order chi connectivity index (χ1) is 12.1. The number of hydrogen-bond donors (Lipinski definition) is 2. The number of hydrogen-bond acceptors (Lipinski definition) is 4. The molecule has 0 aliphatic carbocycles. The number of carbonyl (C=O) groups is 1. The van der Waals surface area contributed by atoms with E-state index in [9.17, 15) is 9.90 Å². The second kappa shape index (κ2) is 10.4. The molecule has 0 saturated carbocycles. The van der Waals surface area contributed by atoms with Crippen molar-refractivity contribution in [2.45, 2.75) is 39.2 Å². The van der Waals surface area contributed by atoms with Crippen LogP contribution in [0.25, 0.3) is 0 Å². The highest BCUT2D eigenvalue weighted by Crippen LogP contribution is 2.19. The van der Waals surface area contributed by atoms with E-state index in [1.165, 1.54) is 5.69 Å². The number of anilines is 1. The first-order valence-corrected chi connectivity index (χ1v) is 9.42. The molecule has 2 rings (SSSR count). The van der Waals surface area contributed by atoms with Gasteiger partial charge in [-0.05, 0) is 43.9 Å². The lowest BCUT2D eigenvalue weighted by atomic mass is 9.89. The number of nitrogens with zero attached hydrogens (tertiary/aromatic N) is 1. The van der Waals surface area contributed by atoms with Crippen LogP contribution in [0.2, 0.25) is 0 Å². The number of nitrogens with one attached hydrogen (secondary N) is 1. The lowest BCUT2D eigenvalue weighted by Crippen LogP contribution is -2.45. The van der Waals surface area contributed by atoms with E-state index < -0.39 is 5.97 Å². The Labute approximate surface area is 151 Å². The van der Waals surface area contributed by atoms with Crippen LogP contribution in [0.1, 0.15) is 33.1 Å². The molecule has 1 aliphatic heterocycles. The van der Waals surface area contributed by atoms with Crippen molar-refractivity contribution in [1.29, 1.82) is 0 Å². The summed E-state index contributed by atoms with van der Waals surface area (Å²) in [5, 5.41) is 12.6. The normalized spacial score (nSPS) is 20.6. The molecule has 140 valence electrons. The van der Waals surface area contributed by atoms with Gasteiger partial charge in [-0.1, -0.05) is 32.0 Å². The molecule has 0 spiro atoms. The molecular weight excluding hydrogens is 316 g/mol. The highest BCUT2D eigenvalue weighted by atomic mass is 16.5. The average Bonchev–Trinajstić information content (AvgIpc) is 2.61. The van der Waals surface area contributed by atoms with Crippen molar-refractivity contribution in [1.82, 2.24) is 5.32 Å². The van der Waals surface area contributed by atoms with Gasteiger partial charge in [-0.2, -0.15) is 0 Å². The van der Waals surface area contributed by atoms with Gasteiger partial charge >= 0.3 is 5.97 Å². The third-order valence-electron chi connectivity index (χ3n) is 4.69. The first-order valence-electron chi connectivity index (χ1n) is 9.42. The van der Waals surface area contributed by atoms with Gasteiger partial charge in [0.1, 0.15) is 0 Å². The van der Waals surface area contributed by atoms with Gasteiger partial charge in [-0.3, -0.25) is 4.79 Å². The van der Waals surface area contributed by atoms with Crippen LogP contribution in [0.5, 0.6) is 0 Å². The van der Waals surface area contributed by atoms with Gasteiger partial charge < -0.3 is 20.1 Å². The van der Waals surface area contributed by atoms with Gasteiger partial charge in [0, 0.05) is 31.4 Å². The van der Waals surface area contributed by atoms with Crippen LogP contribution in [0.15, 0.2) is 30.3 Å². The molecule has 5 heteroatoms. The summed E-state index contributed by atoms with van der Waals surface area (Å²) in [6.45, 7) is 8.46. The summed E-state index contributed by atoms with van der Waals surface area (Å²) < 4.78 is 5.82. The SMILES string of the molecule is CC(C)CN(CCOCCC1NCCCC1C(=O)O)c1ccccc1. The number of benzene rings is 1. The zero-order chi connectivity index (χ0) is 18.1. The Hall–Kier alpha value is -1.59. The minimum absolute atomic E-state index is 0.0344. The van der Waals surface area contributed by atoms with E-state index in [-0.39, 0.29) is 12.0 Å². The van der Waals surface area contributed by atoms with Crippen molar-refractivity contribution < 1.29 is 14.6 Å². The molecule has 25 heavy (non-hydrogen) atoms. The van der Waals surface area contributed by atoms with Gasteiger partial charge in [-0.15, -0.1) is 0 Å². The number of para-hydroxylation sites is 1. The van der Waals surface area contributed by atoms with E-state index in [2.05, 4.69) is 48.3 Å². The molecule has 1 saturated heterocycles. The van der Waals surface area contributed by atoms with Crippen molar-refractivity contribution in [3.05, 3.63) is 30.3 Å². The third-order valence-corrected chi connectivity index (χ3v) is 4.69. The molecule has 1 aromatic rings. The molecule has 0 aromatic heterocycles. The Balaban J connectivity index is 1.73. The molecule has 1 heterocycles. The average molecular weight is 348 g/mol. The van der Waals surface area contributed by atoms with Crippen LogP contribution in [0, 0.1) is 11.8 Å². The Bertz CT molecular complexity index is 507. The van der Waals surface area contributed by atoms with Crippen molar-refractivity contribution in [2.75, 3.05) is 37.7 Å². The van der Waals surface area contributed by atoms with Gasteiger partial charge in [0.15, 0.2) is 0 Å². The van der Waals surface area contributed by atoms with Crippen LogP contribution in [-0.4, -0.2) is 50.0 Å². The second-order valence-corrected chi connectivity index (χ2v) is 7.22. The molecule has 0 radical (unpaired) electrons. The zero-order valence-electron chi connectivity index (χ0n) is 15.5. The fraction of sp³-hybridized carbons (Fsp3) is 0.650. The van der Waals surface area contributed by atoms with Crippen LogP contribution in [0.3, 0.4) is 0 Å². The Morgan fingerprint density at radius 1 is 1.32 bits per heavy atom. The largest absolute Gasteiger partial charge is 0.481 e. The van der Waals surface area contributed by atoms with Crippen LogP contribution in [0.4, 0.5) is 5.69 Å². The van der Waals surface area contributed by atoms with E-state index >= 15 is 0 Å². The van der Waals surface area contributed by atoms with E-state index in [0.29, 0.717) is 19.1 Å². The maximum Gasteiger partial charge on any atom is 0.308 e. The lowest BCUT2D eigenvalue weighted by Gasteiger charge is -2.30. The number of piperidine rings is 1. The summed E-state index contributed by atoms with van der Waals surface area (Å²) in [5.74, 6) is -0.383. The Morgan fingerprint density at radius 3 is 2.76 bits per heavy atom. The summed E-state index contributed by atoms with van der Waals surface area (Å²) >= 11 is 0. The molecule has 0 bridgehead atoms. The number of carboxylic acid groups (broad SMARTS) is 1. The number of carboxylic acids is 1. The topological polar surface area (TPSA) is 61.8 Å². The minimum Gasteiger partial charge on any atom is -0.481 e. The predicted octanol–water partition coefficient (Wildman–Crippen LogP) is 3.01. The number of aliphatic carboxylic acids is 1. The summed E-state index contributed by atoms with van der Waals surface area (Å²) in [4.78, 5) is 13.7. The highest BCUT2D eigenvalue weighted by Gasteiger charge is 2.29. The molecule has 0 amide bonds. The fourth-order valence-electron chi connectivity index (χ4n) is 3.44. The molecule has 1 aliphatic rings. The van der Waals surface area contributed by atoms with Gasteiger partial charge in [0.2, 0.25) is 0 Å². The van der Waals surface area contributed by atoms with E-state index in [1.54, 1.807) is 0 Å². The first kappa shape index (κ1) is 19.7. The lowest BCUT2D eigenvalue weighted by molar-refractivity contribution is -0.143. The highest BCUT2D eigenvalue weighted by molar-refractivity contribution is 5.71. The summed E-state index contributed by atoms with van der Waals surface area (Å²) in [7, 11) is 0. The monoisotopic (exact) mass is 348 g/mol. The predicted molar refractivity (Wildman–Crippen MR) is 101 cm³/mol. The fourth-order valence-corrected chi connectivity index (χ4v) is 3.44. The van der Waals surface area contributed by atoms with Crippen LogP contribution in [-0.2, 0) is 9.53 Å². The summed E-state index contributed by atoms with van der Waals surface area (Å²) in [6.07, 6.45) is 2.46. The number of ether oxygens (including phenoxy) is 1. The van der Waals surface area contributed by atoms with Crippen molar-refractivity contribution in [3.8, 4) is 0 Å². The standard InChI is InChI=1S/C20H32N2O3/c1-16(2)15-22(17-7-4-3-5-8-17)12-14-25-13-10-19-18(20(23)24)9-6-11-21-19/h3-5,7-8,16,18-19,21H,6,9-15H2,1-2H3,(H,23,24). The van der Waals surface area contributed by atoms with Crippen LogP contribution < -0.4 is 10.2 Å². The Kier molecular flexibility index (Phi) is 8.22. The van der Waals surface area contributed by atoms with Gasteiger partial charge in [-0.25, -0.2) is 0 Å². The minimum atomic E-state index is -0.690. The van der Waals surface area contributed by atoms with Crippen LogP contribution >= 0.6 is 0 Å². The van der Waals surface area contributed by atoms with E-state index in [4.69, 9.17) is 4.74 Å². The van der Waals surface area contributed by atoms with E-state index in [1.807, 2.05) is 6.07 Å². The zero-order valence-corrected chi connectivity index (χ0v) is 15.5. The quantitative estimate of drug-likeness (QED) is 0.637. The molecule has 2 atom stereocenters. The molecule has 2 unspecified atom stereocenters. The molecule has 1 fully saturated rings. The summed E-state index contributed by atoms with van der Waals surface area (Å²) in [6, 6.07) is 10.4. The maximum absolute atomic E-state index is 11.3. The van der Waals surface area contributed by atoms with E-state index in [0.717, 1.165) is 38.9 Å². The Morgan fingerprint density at radius 2 is 2.08 bits per heavy atom. The molecule has 2 N–H and O–H groups in total. The summed E-state index contributed by atoms with van der Waals surface area (Å²) in [5.41, 5.74) is 1.22. The second-order valence-electron chi connectivity index (χ2n) is 7.22. The maximum atomic E-state index is 11.3. The van der Waals surface area contributed by atoms with Gasteiger partial charge in [0.25, 0.3) is 0 Å². The van der Waals surface area contributed by atoms with Crippen molar-refractivity contribution >= 4 is 11.7 Å². The number of rotatable bonds is 10. The molecule has 1 aromatic carbocycles.